The Balaban J connectivity index is 1.41. The first-order chi connectivity index (χ1) is 16.1. The van der Waals surface area contributed by atoms with Crippen LogP contribution >= 0.6 is 0 Å². The molecule has 0 aliphatic heterocycles. The van der Waals surface area contributed by atoms with Gasteiger partial charge in [-0.2, -0.15) is 0 Å². The van der Waals surface area contributed by atoms with E-state index in [1.807, 2.05) is 0 Å². The summed E-state index contributed by atoms with van der Waals surface area (Å²) in [6.07, 6.45) is 22.2. The second-order valence-electron chi connectivity index (χ2n) is 10.6. The summed E-state index contributed by atoms with van der Waals surface area (Å²) in [5, 5.41) is 0. The van der Waals surface area contributed by atoms with Crippen molar-refractivity contribution in [3.63, 3.8) is 0 Å². The van der Waals surface area contributed by atoms with Crippen molar-refractivity contribution in [3.05, 3.63) is 59.7 Å². The van der Waals surface area contributed by atoms with Gasteiger partial charge in [-0.05, 0) is 67.0 Å². The van der Waals surface area contributed by atoms with Crippen LogP contribution in [0.1, 0.15) is 121 Å². The summed E-state index contributed by atoms with van der Waals surface area (Å²) in [4.78, 5) is 0. The number of unbranched alkanes of at least 4 members (excludes halogenated alkanes) is 10. The van der Waals surface area contributed by atoms with Gasteiger partial charge in [-0.1, -0.05) is 108 Å². The molecule has 1 aliphatic carbocycles. The van der Waals surface area contributed by atoms with Gasteiger partial charge >= 0.3 is 0 Å². The molecule has 3 rings (SSSR count). The van der Waals surface area contributed by atoms with E-state index in [1.165, 1.54) is 114 Å². The van der Waals surface area contributed by atoms with Crippen LogP contribution in [0.15, 0.2) is 48.5 Å². The third kappa shape index (κ3) is 7.80. The van der Waals surface area contributed by atoms with Crippen molar-refractivity contribution in [3.8, 4) is 0 Å². The first kappa shape index (κ1) is 25.7. The third-order valence-electron chi connectivity index (χ3n) is 8.10. The van der Waals surface area contributed by atoms with Gasteiger partial charge in [0.15, 0.2) is 0 Å². The smallest absolute Gasteiger partial charge is 0.0314 e. The Morgan fingerprint density at radius 3 is 1.42 bits per heavy atom. The number of anilines is 2. The first-order valence-electron chi connectivity index (χ1n) is 13.9. The van der Waals surface area contributed by atoms with Crippen molar-refractivity contribution in [2.45, 2.75) is 115 Å². The molecule has 2 aromatic carbocycles. The minimum absolute atomic E-state index is 0.106. The summed E-state index contributed by atoms with van der Waals surface area (Å²) in [6.45, 7) is 2.30. The Morgan fingerprint density at radius 2 is 1.00 bits per heavy atom. The molecule has 0 spiro atoms. The van der Waals surface area contributed by atoms with Crippen molar-refractivity contribution in [1.82, 2.24) is 0 Å². The maximum absolute atomic E-state index is 5.99. The highest BCUT2D eigenvalue weighted by molar-refractivity contribution is 5.49. The zero-order valence-electron chi connectivity index (χ0n) is 21.2. The normalized spacial score (nSPS) is 16.2. The average molecular weight is 449 g/mol. The summed E-state index contributed by atoms with van der Waals surface area (Å²) < 4.78 is 0. The van der Waals surface area contributed by atoms with E-state index in [9.17, 15) is 0 Å². The Hall–Kier alpha value is -1.96. The van der Waals surface area contributed by atoms with Crippen molar-refractivity contribution in [2.75, 3.05) is 11.5 Å². The quantitative estimate of drug-likeness (QED) is 0.224. The van der Waals surface area contributed by atoms with Crippen LogP contribution in [0.4, 0.5) is 11.4 Å². The number of hydrogen-bond acceptors (Lipinski definition) is 2. The lowest BCUT2D eigenvalue weighted by atomic mass is 9.62. The molecule has 1 aliphatic rings. The molecule has 1 saturated carbocycles. The molecule has 0 bridgehead atoms. The zero-order chi connectivity index (χ0) is 23.4. The van der Waals surface area contributed by atoms with Crippen LogP contribution in [0.5, 0.6) is 0 Å². The lowest BCUT2D eigenvalue weighted by Crippen LogP contribution is -2.33. The molecule has 1 fully saturated rings. The molecule has 0 heterocycles. The van der Waals surface area contributed by atoms with Gasteiger partial charge in [0, 0.05) is 16.8 Å². The van der Waals surface area contributed by atoms with Crippen molar-refractivity contribution in [1.29, 1.82) is 0 Å². The molecule has 182 valence electrons. The van der Waals surface area contributed by atoms with Crippen LogP contribution in [0, 0.1) is 5.92 Å². The minimum atomic E-state index is 0.106. The number of rotatable bonds is 14. The van der Waals surface area contributed by atoms with Crippen molar-refractivity contribution >= 4 is 11.4 Å². The molecule has 0 unspecified atom stereocenters. The predicted octanol–water partition coefficient (Wildman–Crippen LogP) is 9.03. The number of benzene rings is 2. The predicted molar refractivity (Wildman–Crippen MR) is 146 cm³/mol. The van der Waals surface area contributed by atoms with E-state index in [2.05, 4.69) is 55.5 Å². The highest BCUT2D eigenvalue weighted by Gasteiger charge is 2.38. The van der Waals surface area contributed by atoms with Crippen LogP contribution in [-0.4, -0.2) is 0 Å². The van der Waals surface area contributed by atoms with E-state index >= 15 is 0 Å². The molecule has 33 heavy (non-hydrogen) atoms. The molecule has 0 atom stereocenters. The number of nitrogen functional groups attached to an aromatic ring is 2. The van der Waals surface area contributed by atoms with Crippen molar-refractivity contribution in [2.24, 2.45) is 5.92 Å². The second-order valence-corrected chi connectivity index (χ2v) is 10.6. The first-order valence-corrected chi connectivity index (χ1v) is 13.9. The fourth-order valence-corrected chi connectivity index (χ4v) is 5.90. The Morgan fingerprint density at radius 1 is 0.606 bits per heavy atom. The Bertz CT molecular complexity index is 722. The SMILES string of the molecule is CCCCCCCCCCCCCC1CCC(c2ccc(N)cc2)(c2ccc(N)cc2)CC1. The molecular formula is C31H48N2. The highest BCUT2D eigenvalue weighted by Crippen LogP contribution is 2.47. The maximum Gasteiger partial charge on any atom is 0.0314 e. The van der Waals surface area contributed by atoms with E-state index < -0.39 is 0 Å². The van der Waals surface area contributed by atoms with E-state index in [-0.39, 0.29) is 5.41 Å². The summed E-state index contributed by atoms with van der Waals surface area (Å²) in [6, 6.07) is 17.2. The third-order valence-corrected chi connectivity index (χ3v) is 8.10. The van der Waals surface area contributed by atoms with Gasteiger partial charge in [0.25, 0.3) is 0 Å². The summed E-state index contributed by atoms with van der Waals surface area (Å²) >= 11 is 0. The summed E-state index contributed by atoms with van der Waals surface area (Å²) in [7, 11) is 0. The summed E-state index contributed by atoms with van der Waals surface area (Å²) in [5.74, 6) is 0.888. The molecule has 2 nitrogen and oxygen atoms in total. The standard InChI is InChI=1S/C31H48N2/c1-2-3-4-5-6-7-8-9-10-11-12-13-26-22-24-31(25-23-26,27-14-18-29(32)19-15-27)28-16-20-30(33)21-17-28/h14-21,26H,2-13,22-25,32-33H2,1H3. The zero-order valence-corrected chi connectivity index (χ0v) is 21.2. The number of nitrogens with two attached hydrogens (primary N) is 2. The maximum atomic E-state index is 5.99. The van der Waals surface area contributed by atoms with Gasteiger partial charge in [-0.25, -0.2) is 0 Å². The monoisotopic (exact) mass is 448 g/mol. The Labute approximate surface area is 203 Å². The molecule has 0 aromatic heterocycles. The lowest BCUT2D eigenvalue weighted by molar-refractivity contribution is 0.250. The van der Waals surface area contributed by atoms with E-state index in [4.69, 9.17) is 11.5 Å². The topological polar surface area (TPSA) is 52.0 Å². The van der Waals surface area contributed by atoms with Crippen LogP contribution in [0.25, 0.3) is 0 Å². The van der Waals surface area contributed by atoms with Crippen LogP contribution in [-0.2, 0) is 5.41 Å². The minimum Gasteiger partial charge on any atom is -0.399 e. The van der Waals surface area contributed by atoms with E-state index in [1.54, 1.807) is 0 Å². The fourth-order valence-electron chi connectivity index (χ4n) is 5.90. The molecule has 0 amide bonds. The molecule has 0 saturated heterocycles. The van der Waals surface area contributed by atoms with E-state index in [0.717, 1.165) is 17.3 Å². The van der Waals surface area contributed by atoms with Gasteiger partial charge in [0.1, 0.15) is 0 Å². The van der Waals surface area contributed by atoms with Gasteiger partial charge in [-0.15, -0.1) is 0 Å². The number of hydrogen-bond donors (Lipinski definition) is 2. The lowest BCUT2D eigenvalue weighted by Gasteiger charge is -2.41. The van der Waals surface area contributed by atoms with Gasteiger partial charge < -0.3 is 11.5 Å². The van der Waals surface area contributed by atoms with Gasteiger partial charge in [-0.3, -0.25) is 0 Å². The highest BCUT2D eigenvalue weighted by atomic mass is 14.5. The average Bonchev–Trinajstić information content (AvgIpc) is 2.84. The molecular weight excluding hydrogens is 400 g/mol. The fraction of sp³-hybridized carbons (Fsp3) is 0.613. The molecule has 2 aromatic rings. The molecule has 2 heteroatoms. The molecule has 0 radical (unpaired) electrons. The van der Waals surface area contributed by atoms with Gasteiger partial charge in [0.2, 0.25) is 0 Å². The Kier molecular flexibility index (Phi) is 10.6. The van der Waals surface area contributed by atoms with Gasteiger partial charge in [0.05, 0.1) is 0 Å². The summed E-state index contributed by atoms with van der Waals surface area (Å²) in [5.41, 5.74) is 16.6. The molecule has 4 N–H and O–H groups in total. The van der Waals surface area contributed by atoms with Crippen LogP contribution in [0.2, 0.25) is 0 Å². The van der Waals surface area contributed by atoms with E-state index in [0.29, 0.717) is 0 Å². The largest absolute Gasteiger partial charge is 0.399 e. The van der Waals surface area contributed by atoms with Crippen molar-refractivity contribution < 1.29 is 0 Å². The van der Waals surface area contributed by atoms with Crippen LogP contribution < -0.4 is 11.5 Å². The second kappa shape index (κ2) is 13.7. The van der Waals surface area contributed by atoms with Crippen LogP contribution in [0.3, 0.4) is 0 Å².